The van der Waals surface area contributed by atoms with Gasteiger partial charge in [-0.15, -0.1) is 0 Å². The lowest BCUT2D eigenvalue weighted by Crippen LogP contribution is -2.22. The van der Waals surface area contributed by atoms with Gasteiger partial charge in [-0.25, -0.2) is 0 Å². The van der Waals surface area contributed by atoms with E-state index in [-0.39, 0.29) is 10.8 Å². The summed E-state index contributed by atoms with van der Waals surface area (Å²) < 4.78 is 0. The lowest BCUT2D eigenvalue weighted by Gasteiger charge is -2.09. The Hall–Kier alpha value is -2.48. The highest BCUT2D eigenvalue weighted by atomic mass is 16.1. The maximum atomic E-state index is 11.7. The average Bonchev–Trinajstić information content (AvgIpc) is 2.40. The molecule has 0 aliphatic rings. The summed E-state index contributed by atoms with van der Waals surface area (Å²) in [5.74, 6) is 0. The second-order valence-electron chi connectivity index (χ2n) is 4.61. The molecule has 0 aliphatic carbocycles. The number of hydrogen-bond donors (Lipinski definition) is 1. The van der Waals surface area contributed by atoms with E-state index >= 15 is 0 Å². The van der Waals surface area contributed by atoms with Crippen molar-refractivity contribution in [3.63, 3.8) is 0 Å². The van der Waals surface area contributed by atoms with Gasteiger partial charge in [0.05, 0.1) is 0 Å². The summed E-state index contributed by atoms with van der Waals surface area (Å²) in [6, 6.07) is 15.6. The molecule has 0 fully saturated rings. The summed E-state index contributed by atoms with van der Waals surface area (Å²) in [6.45, 7) is 0. The molecule has 0 aromatic heterocycles. The lowest BCUT2D eigenvalue weighted by atomic mass is 9.94. The largest absolute Gasteiger partial charge is 0.296 e. The fraction of sp³-hybridized carbons (Fsp3) is 0. The molecule has 0 atom stereocenters. The zero-order valence-electron chi connectivity index (χ0n) is 9.53. The van der Waals surface area contributed by atoms with E-state index in [9.17, 15) is 4.79 Å². The zero-order chi connectivity index (χ0) is 12.3. The van der Waals surface area contributed by atoms with Crippen LogP contribution in [0.1, 0.15) is 0 Å². The van der Waals surface area contributed by atoms with Gasteiger partial charge in [0.1, 0.15) is 5.36 Å². The van der Waals surface area contributed by atoms with Gasteiger partial charge >= 0.3 is 0 Å². The predicted octanol–water partition coefficient (Wildman–Crippen LogP) is 2.86. The highest BCUT2D eigenvalue weighted by molar-refractivity contribution is 6.22. The molecule has 0 radical (unpaired) electrons. The van der Waals surface area contributed by atoms with E-state index in [1.807, 2.05) is 30.3 Å². The molecule has 0 heterocycles. The second kappa shape index (κ2) is 3.05. The molecule has 2 nitrogen and oxygen atoms in total. The minimum atomic E-state index is -0.208. The Balaban J connectivity index is 2.54. The maximum Gasteiger partial charge on any atom is 0.204 e. The first-order valence-electron chi connectivity index (χ1n) is 5.85. The molecular formula is C16H9NO. The summed E-state index contributed by atoms with van der Waals surface area (Å²) in [6.07, 6.45) is 0. The first-order chi connectivity index (χ1) is 8.75. The Kier molecular flexibility index (Phi) is 1.61. The molecule has 0 amide bonds. The lowest BCUT2D eigenvalue weighted by molar-refractivity contribution is 1.27. The van der Waals surface area contributed by atoms with Gasteiger partial charge in [-0.3, -0.25) is 10.2 Å². The van der Waals surface area contributed by atoms with E-state index < -0.39 is 0 Å². The van der Waals surface area contributed by atoms with Crippen molar-refractivity contribution in [3.8, 4) is 0 Å². The van der Waals surface area contributed by atoms with Gasteiger partial charge in [0.2, 0.25) is 5.43 Å². The Morgan fingerprint density at radius 2 is 1.44 bits per heavy atom. The van der Waals surface area contributed by atoms with Crippen molar-refractivity contribution in [2.24, 2.45) is 0 Å². The SMILES string of the molecule is N=c1c(=O)cc2ccc3cccc4ccc1c2c34. The molecule has 2 heteroatoms. The summed E-state index contributed by atoms with van der Waals surface area (Å²) >= 11 is 0. The van der Waals surface area contributed by atoms with Crippen LogP contribution in [0.4, 0.5) is 0 Å². The van der Waals surface area contributed by atoms with Crippen molar-refractivity contribution in [1.82, 2.24) is 0 Å². The van der Waals surface area contributed by atoms with E-state index in [2.05, 4.69) is 12.1 Å². The Labute approximate surface area is 102 Å². The molecule has 0 bridgehead atoms. The number of benzene rings is 4. The van der Waals surface area contributed by atoms with Crippen LogP contribution in [0.25, 0.3) is 32.3 Å². The van der Waals surface area contributed by atoms with Gasteiger partial charge in [0.15, 0.2) is 0 Å². The normalized spacial score (nSPS) is 11.8. The molecule has 0 saturated carbocycles. The zero-order valence-corrected chi connectivity index (χ0v) is 9.53. The van der Waals surface area contributed by atoms with Gasteiger partial charge in [-0.05, 0) is 33.0 Å². The molecule has 0 spiro atoms. The van der Waals surface area contributed by atoms with Crippen LogP contribution in [-0.4, -0.2) is 0 Å². The Morgan fingerprint density at radius 1 is 0.778 bits per heavy atom. The molecule has 4 aromatic carbocycles. The summed E-state index contributed by atoms with van der Waals surface area (Å²) in [5, 5.41) is 14.2. The van der Waals surface area contributed by atoms with Crippen LogP contribution in [0, 0.1) is 5.41 Å². The highest BCUT2D eigenvalue weighted by Crippen LogP contribution is 2.31. The van der Waals surface area contributed by atoms with Crippen molar-refractivity contribution < 1.29 is 0 Å². The molecule has 0 aliphatic heterocycles. The van der Waals surface area contributed by atoms with E-state index in [4.69, 9.17) is 5.41 Å². The van der Waals surface area contributed by atoms with Crippen molar-refractivity contribution in [2.75, 3.05) is 0 Å². The Morgan fingerprint density at radius 3 is 2.22 bits per heavy atom. The summed E-state index contributed by atoms with van der Waals surface area (Å²) in [5.41, 5.74) is -0.208. The fourth-order valence-electron chi connectivity index (χ4n) is 2.78. The Bertz CT molecular complexity index is 989. The van der Waals surface area contributed by atoms with Gasteiger partial charge in [0, 0.05) is 5.39 Å². The monoisotopic (exact) mass is 231 g/mol. The fourth-order valence-corrected chi connectivity index (χ4v) is 2.78. The number of rotatable bonds is 0. The molecule has 1 N–H and O–H groups in total. The number of nitrogens with one attached hydrogen (secondary N) is 1. The first kappa shape index (κ1) is 9.54. The number of hydrogen-bond acceptors (Lipinski definition) is 2. The molecule has 0 unspecified atom stereocenters. The molecule has 84 valence electrons. The van der Waals surface area contributed by atoms with Crippen LogP contribution < -0.4 is 10.8 Å². The minimum absolute atomic E-state index is 0.0979. The third-order valence-electron chi connectivity index (χ3n) is 3.61. The third-order valence-corrected chi connectivity index (χ3v) is 3.61. The molecular weight excluding hydrogens is 222 g/mol. The predicted molar refractivity (Wildman–Crippen MR) is 73.5 cm³/mol. The van der Waals surface area contributed by atoms with Crippen LogP contribution in [0.15, 0.2) is 53.3 Å². The molecule has 18 heavy (non-hydrogen) atoms. The van der Waals surface area contributed by atoms with E-state index in [0.29, 0.717) is 0 Å². The minimum Gasteiger partial charge on any atom is -0.296 e. The third kappa shape index (κ3) is 1.02. The van der Waals surface area contributed by atoms with Crippen molar-refractivity contribution >= 4 is 32.3 Å². The first-order valence-corrected chi connectivity index (χ1v) is 5.85. The standard InChI is InChI=1S/C16H9NO/c17-16-12-7-6-10-3-1-2-9-4-5-11(8-13(16)18)15(12)14(9)10/h1-8,17H. The molecule has 0 saturated heterocycles. The highest BCUT2D eigenvalue weighted by Gasteiger charge is 2.09. The van der Waals surface area contributed by atoms with Crippen LogP contribution in [0.5, 0.6) is 0 Å². The van der Waals surface area contributed by atoms with E-state index in [1.165, 1.54) is 0 Å². The van der Waals surface area contributed by atoms with Crippen LogP contribution in [0.2, 0.25) is 0 Å². The van der Waals surface area contributed by atoms with Crippen LogP contribution in [0.3, 0.4) is 0 Å². The van der Waals surface area contributed by atoms with Gasteiger partial charge in [-0.1, -0.05) is 42.5 Å². The van der Waals surface area contributed by atoms with Crippen molar-refractivity contribution in [1.29, 1.82) is 5.41 Å². The smallest absolute Gasteiger partial charge is 0.204 e. The van der Waals surface area contributed by atoms with Gasteiger partial charge in [0.25, 0.3) is 0 Å². The summed E-state index contributed by atoms with van der Waals surface area (Å²) in [4.78, 5) is 11.7. The van der Waals surface area contributed by atoms with Crippen molar-refractivity contribution in [3.05, 3.63) is 64.1 Å². The topological polar surface area (TPSA) is 40.9 Å². The maximum absolute atomic E-state index is 11.7. The van der Waals surface area contributed by atoms with Gasteiger partial charge in [-0.2, -0.15) is 0 Å². The molecule has 4 rings (SSSR count). The quantitative estimate of drug-likeness (QED) is 0.464. The average molecular weight is 231 g/mol. The van der Waals surface area contributed by atoms with E-state index in [1.54, 1.807) is 6.07 Å². The van der Waals surface area contributed by atoms with Gasteiger partial charge < -0.3 is 0 Å². The van der Waals surface area contributed by atoms with Crippen molar-refractivity contribution in [2.45, 2.75) is 0 Å². The summed E-state index contributed by atoms with van der Waals surface area (Å²) in [7, 11) is 0. The molecule has 4 aromatic rings. The second-order valence-corrected chi connectivity index (χ2v) is 4.61. The van der Waals surface area contributed by atoms with Crippen LogP contribution in [-0.2, 0) is 0 Å². The van der Waals surface area contributed by atoms with Crippen LogP contribution >= 0.6 is 0 Å². The van der Waals surface area contributed by atoms with E-state index in [0.717, 1.165) is 32.3 Å².